The minimum atomic E-state index is -0.0664. The third kappa shape index (κ3) is 3.93. The molecule has 0 bridgehead atoms. The molecule has 0 aliphatic carbocycles. The molecule has 0 radical (unpaired) electrons. The summed E-state index contributed by atoms with van der Waals surface area (Å²) in [5.41, 5.74) is 0.752. The van der Waals surface area contributed by atoms with Crippen molar-refractivity contribution in [3.05, 3.63) is 11.9 Å². The summed E-state index contributed by atoms with van der Waals surface area (Å²) >= 11 is 0. The highest BCUT2D eigenvalue weighted by Crippen LogP contribution is 2.14. The van der Waals surface area contributed by atoms with Crippen molar-refractivity contribution in [2.75, 3.05) is 13.2 Å². The lowest BCUT2D eigenvalue weighted by Gasteiger charge is -2.09. The van der Waals surface area contributed by atoms with Gasteiger partial charge in [-0.25, -0.2) is 0 Å². The molecular weight excluding hydrogens is 216 g/mol. The van der Waals surface area contributed by atoms with E-state index in [1.165, 1.54) is 0 Å². The van der Waals surface area contributed by atoms with E-state index < -0.39 is 0 Å². The molecule has 1 aromatic rings. The van der Waals surface area contributed by atoms with Gasteiger partial charge in [0.15, 0.2) is 0 Å². The van der Waals surface area contributed by atoms with Gasteiger partial charge in [-0.1, -0.05) is 5.21 Å². The highest BCUT2D eigenvalue weighted by Gasteiger charge is 2.16. The lowest BCUT2D eigenvalue weighted by Crippen LogP contribution is -2.11. The summed E-state index contributed by atoms with van der Waals surface area (Å²) in [6.45, 7) is 8.77. The van der Waals surface area contributed by atoms with Crippen molar-refractivity contribution >= 4 is 6.21 Å². The average Bonchev–Trinajstić information content (AvgIpc) is 2.86. The van der Waals surface area contributed by atoms with Crippen molar-refractivity contribution in [2.24, 2.45) is 10.9 Å². The first-order valence-electron chi connectivity index (χ1n) is 6.06. The maximum absolute atomic E-state index is 5.34. The van der Waals surface area contributed by atoms with E-state index in [-0.39, 0.29) is 5.54 Å². The number of hydrogen-bond acceptors (Lipinski definition) is 4. The predicted molar refractivity (Wildman–Crippen MR) is 66.3 cm³/mol. The molecule has 94 valence electrons. The van der Waals surface area contributed by atoms with Crippen LogP contribution >= 0.6 is 0 Å². The second kappa shape index (κ2) is 4.96. The lowest BCUT2D eigenvalue weighted by molar-refractivity contribution is 0.181. The standard InChI is InChI=1S/C12H20N4O/c1-12(2,3)13-6-11-8-16(15-14-11)7-10-4-5-17-9-10/h6,8,10H,4-5,7,9H2,1-3H3/t10-/m0/s1. The zero-order chi connectivity index (χ0) is 12.3. The molecule has 1 aromatic heterocycles. The number of aromatic nitrogens is 3. The molecule has 1 aliphatic heterocycles. The van der Waals surface area contributed by atoms with Crippen LogP contribution in [0.25, 0.3) is 0 Å². The Morgan fingerprint density at radius 1 is 1.59 bits per heavy atom. The van der Waals surface area contributed by atoms with Crippen LogP contribution in [0.3, 0.4) is 0 Å². The first-order chi connectivity index (χ1) is 8.03. The van der Waals surface area contributed by atoms with E-state index in [1.807, 2.05) is 10.9 Å². The monoisotopic (exact) mass is 236 g/mol. The van der Waals surface area contributed by atoms with Gasteiger partial charge in [-0.05, 0) is 27.2 Å². The van der Waals surface area contributed by atoms with Crippen LogP contribution in [0.1, 0.15) is 32.9 Å². The third-order valence-electron chi connectivity index (χ3n) is 2.61. The Labute approximate surface area is 102 Å². The summed E-state index contributed by atoms with van der Waals surface area (Å²) in [4.78, 5) is 4.41. The van der Waals surface area contributed by atoms with Crippen molar-refractivity contribution in [3.8, 4) is 0 Å². The molecule has 1 fully saturated rings. The molecule has 5 nitrogen and oxygen atoms in total. The van der Waals surface area contributed by atoms with Crippen LogP contribution < -0.4 is 0 Å². The quantitative estimate of drug-likeness (QED) is 0.748. The number of hydrogen-bond donors (Lipinski definition) is 0. The van der Waals surface area contributed by atoms with Gasteiger partial charge in [0.1, 0.15) is 5.69 Å². The molecule has 0 saturated carbocycles. The van der Waals surface area contributed by atoms with Crippen LogP contribution in [0.2, 0.25) is 0 Å². The van der Waals surface area contributed by atoms with Crippen LogP contribution in [-0.4, -0.2) is 40.0 Å². The van der Waals surface area contributed by atoms with Crippen LogP contribution in [0.4, 0.5) is 0 Å². The molecule has 5 heteroatoms. The molecule has 2 rings (SSSR count). The van der Waals surface area contributed by atoms with Crippen LogP contribution in [0, 0.1) is 5.92 Å². The van der Waals surface area contributed by atoms with Gasteiger partial charge in [0.2, 0.25) is 0 Å². The van der Waals surface area contributed by atoms with E-state index in [1.54, 1.807) is 6.21 Å². The summed E-state index contributed by atoms with van der Waals surface area (Å²) in [6, 6.07) is 0. The third-order valence-corrected chi connectivity index (χ3v) is 2.61. The smallest absolute Gasteiger partial charge is 0.123 e. The highest BCUT2D eigenvalue weighted by molar-refractivity contribution is 5.76. The Balaban J connectivity index is 1.93. The SMILES string of the molecule is CC(C)(C)N=Cc1cn(C[C@@H]2CCOC2)nn1. The Morgan fingerprint density at radius 3 is 3.06 bits per heavy atom. The van der Waals surface area contributed by atoms with E-state index in [2.05, 4.69) is 36.1 Å². The second-order valence-corrected chi connectivity index (χ2v) is 5.52. The highest BCUT2D eigenvalue weighted by atomic mass is 16.5. The Hall–Kier alpha value is -1.23. The molecule has 0 unspecified atom stereocenters. The maximum Gasteiger partial charge on any atom is 0.123 e. The molecule has 17 heavy (non-hydrogen) atoms. The number of ether oxygens (including phenoxy) is 1. The molecule has 2 heterocycles. The Morgan fingerprint density at radius 2 is 2.41 bits per heavy atom. The van der Waals surface area contributed by atoms with Crippen LogP contribution in [0.5, 0.6) is 0 Å². The first-order valence-corrected chi connectivity index (χ1v) is 6.06. The van der Waals surface area contributed by atoms with E-state index >= 15 is 0 Å². The van der Waals surface area contributed by atoms with Crippen molar-refractivity contribution in [3.63, 3.8) is 0 Å². The van der Waals surface area contributed by atoms with Gasteiger partial charge in [-0.3, -0.25) is 9.67 Å². The summed E-state index contributed by atoms with van der Waals surface area (Å²) in [7, 11) is 0. The minimum absolute atomic E-state index is 0.0664. The zero-order valence-electron chi connectivity index (χ0n) is 10.8. The van der Waals surface area contributed by atoms with Crippen molar-refractivity contribution in [1.82, 2.24) is 15.0 Å². The van der Waals surface area contributed by atoms with E-state index in [0.29, 0.717) is 5.92 Å². The van der Waals surface area contributed by atoms with Gasteiger partial charge in [-0.15, -0.1) is 5.10 Å². The van der Waals surface area contributed by atoms with Crippen molar-refractivity contribution in [2.45, 2.75) is 39.3 Å². The summed E-state index contributed by atoms with van der Waals surface area (Å²) in [5, 5.41) is 8.18. The molecule has 0 spiro atoms. The van der Waals surface area contributed by atoms with Crippen LogP contribution in [-0.2, 0) is 11.3 Å². The second-order valence-electron chi connectivity index (χ2n) is 5.52. The number of aliphatic imine (C=N–C) groups is 1. The van der Waals surface area contributed by atoms with Gasteiger partial charge in [-0.2, -0.15) is 0 Å². The Kier molecular flexibility index (Phi) is 3.57. The van der Waals surface area contributed by atoms with Crippen molar-refractivity contribution in [1.29, 1.82) is 0 Å². The lowest BCUT2D eigenvalue weighted by atomic mass is 10.1. The van der Waals surface area contributed by atoms with Gasteiger partial charge >= 0.3 is 0 Å². The van der Waals surface area contributed by atoms with Gasteiger partial charge in [0.05, 0.1) is 24.6 Å². The molecule has 0 N–H and O–H groups in total. The number of nitrogens with zero attached hydrogens (tertiary/aromatic N) is 4. The van der Waals surface area contributed by atoms with Gasteiger partial charge in [0, 0.05) is 19.1 Å². The molecule has 1 saturated heterocycles. The zero-order valence-corrected chi connectivity index (χ0v) is 10.8. The minimum Gasteiger partial charge on any atom is -0.381 e. The summed E-state index contributed by atoms with van der Waals surface area (Å²) in [6.07, 6.45) is 4.84. The predicted octanol–water partition coefficient (Wildman–Crippen LogP) is 1.53. The van der Waals surface area contributed by atoms with Gasteiger partial charge in [0.25, 0.3) is 0 Å². The van der Waals surface area contributed by atoms with Crippen molar-refractivity contribution < 1.29 is 4.74 Å². The average molecular weight is 236 g/mol. The van der Waals surface area contributed by atoms with Crippen LogP contribution in [0.15, 0.2) is 11.2 Å². The molecule has 0 aromatic carbocycles. The Bertz CT molecular complexity index is 385. The fourth-order valence-corrected chi connectivity index (χ4v) is 1.71. The molecular formula is C12H20N4O. The largest absolute Gasteiger partial charge is 0.381 e. The van der Waals surface area contributed by atoms with Gasteiger partial charge < -0.3 is 4.74 Å². The first kappa shape index (κ1) is 12.2. The van der Waals surface area contributed by atoms with E-state index in [9.17, 15) is 0 Å². The topological polar surface area (TPSA) is 52.3 Å². The molecule has 1 atom stereocenters. The summed E-state index contributed by atoms with van der Waals surface area (Å²) < 4.78 is 7.22. The van der Waals surface area contributed by atoms with E-state index in [0.717, 1.165) is 31.9 Å². The fourth-order valence-electron chi connectivity index (χ4n) is 1.71. The van der Waals surface area contributed by atoms with E-state index in [4.69, 9.17) is 4.74 Å². The number of rotatable bonds is 3. The summed E-state index contributed by atoms with van der Waals surface area (Å²) in [5.74, 6) is 0.573. The molecule has 0 amide bonds. The molecule has 1 aliphatic rings. The normalized spacial score (nSPS) is 21.5. The maximum atomic E-state index is 5.34. The fraction of sp³-hybridized carbons (Fsp3) is 0.750.